The lowest BCUT2D eigenvalue weighted by Crippen LogP contribution is -2.30. The van der Waals surface area contributed by atoms with Crippen molar-refractivity contribution in [2.45, 2.75) is 4.90 Å². The van der Waals surface area contributed by atoms with Crippen LogP contribution < -0.4 is 25.4 Å². The average Bonchev–Trinajstić information content (AvgIpc) is 3.04. The highest BCUT2D eigenvalue weighted by atomic mass is 35.5. The van der Waals surface area contributed by atoms with Gasteiger partial charge in [0.1, 0.15) is 5.70 Å². The van der Waals surface area contributed by atoms with Crippen LogP contribution in [-0.2, 0) is 9.59 Å². The molecule has 3 amide bonds. The predicted molar refractivity (Wildman–Crippen MR) is 174 cm³/mol. The molecule has 12 heteroatoms. The molecule has 0 bridgehead atoms. The Hall–Kier alpha value is -5.26. The van der Waals surface area contributed by atoms with Crippen LogP contribution in [0.5, 0.6) is 11.5 Å². The Morgan fingerprint density at radius 1 is 0.844 bits per heavy atom. The van der Waals surface area contributed by atoms with E-state index in [9.17, 15) is 24.3 Å². The fourth-order valence-electron chi connectivity index (χ4n) is 4.10. The Kier molecular flexibility index (Phi) is 11.2. The summed E-state index contributed by atoms with van der Waals surface area (Å²) < 4.78 is 10.9. The van der Waals surface area contributed by atoms with Crippen molar-refractivity contribution in [3.63, 3.8) is 0 Å². The minimum absolute atomic E-state index is 0.0103. The van der Waals surface area contributed by atoms with Crippen molar-refractivity contribution in [3.8, 4) is 11.5 Å². The summed E-state index contributed by atoms with van der Waals surface area (Å²) in [4.78, 5) is 51.1. The zero-order valence-corrected chi connectivity index (χ0v) is 25.7. The van der Waals surface area contributed by atoms with E-state index in [1.165, 1.54) is 50.3 Å². The number of nitrogens with one attached hydrogen (secondary N) is 3. The highest BCUT2D eigenvalue weighted by Crippen LogP contribution is 2.32. The molecule has 0 fully saturated rings. The largest absolute Gasteiger partial charge is 0.493 e. The van der Waals surface area contributed by atoms with Gasteiger partial charge < -0.3 is 30.5 Å². The summed E-state index contributed by atoms with van der Waals surface area (Å²) in [5.74, 6) is -1.80. The zero-order valence-electron chi connectivity index (χ0n) is 24.1. The molecular weight excluding hydrogens is 618 g/mol. The van der Waals surface area contributed by atoms with Gasteiger partial charge in [0, 0.05) is 27.4 Å². The van der Waals surface area contributed by atoms with Crippen LogP contribution in [0.1, 0.15) is 26.3 Å². The fraction of sp³-hybridized carbons (Fsp3) is 0.0909. The summed E-state index contributed by atoms with van der Waals surface area (Å²) >= 11 is 7.11. The van der Waals surface area contributed by atoms with Gasteiger partial charge in [0.2, 0.25) is 5.91 Å². The smallest absolute Gasteiger partial charge is 0.337 e. The standard InChI is InChI=1S/C33H28ClN3O7S/c1-43-28-13-6-10-21(30(28)44-2)16-27(37-31(39)20-8-4-3-5-9-20)32(40)36-22-11-7-12-24(17-22)45-19-29(38)35-23-14-15-26(34)25(18-23)33(41)42/h3-18H,19H2,1-2H3,(H,35,38)(H,36,40)(H,37,39)(H,41,42)/b27-16+. The number of carboxylic acids is 1. The molecule has 0 saturated heterocycles. The monoisotopic (exact) mass is 645 g/mol. The van der Waals surface area contributed by atoms with Crippen LogP contribution in [0.15, 0.2) is 102 Å². The minimum Gasteiger partial charge on any atom is -0.493 e. The Morgan fingerprint density at radius 3 is 2.29 bits per heavy atom. The number of halogens is 1. The summed E-state index contributed by atoms with van der Waals surface area (Å²) in [6.07, 6.45) is 1.49. The highest BCUT2D eigenvalue weighted by molar-refractivity contribution is 8.00. The number of methoxy groups -OCH3 is 2. The normalized spacial score (nSPS) is 10.9. The number of para-hydroxylation sites is 1. The van der Waals surface area contributed by atoms with Gasteiger partial charge in [-0.25, -0.2) is 4.79 Å². The number of anilines is 2. The Balaban J connectivity index is 1.50. The summed E-state index contributed by atoms with van der Waals surface area (Å²) in [6.45, 7) is 0. The Labute approximate surface area is 268 Å². The maximum Gasteiger partial charge on any atom is 0.337 e. The number of carbonyl (C=O) groups is 4. The number of benzene rings is 4. The van der Waals surface area contributed by atoms with Gasteiger partial charge in [0.25, 0.3) is 11.8 Å². The first-order chi connectivity index (χ1) is 21.7. The van der Waals surface area contributed by atoms with E-state index in [0.717, 1.165) is 0 Å². The number of aromatic carboxylic acids is 1. The molecule has 0 radical (unpaired) electrons. The minimum atomic E-state index is -1.20. The molecule has 0 atom stereocenters. The molecule has 0 aromatic heterocycles. The first-order valence-electron chi connectivity index (χ1n) is 13.3. The third-order valence-corrected chi connectivity index (χ3v) is 7.53. The van der Waals surface area contributed by atoms with E-state index < -0.39 is 17.8 Å². The summed E-state index contributed by atoms with van der Waals surface area (Å²) in [5, 5.41) is 17.5. The third-order valence-electron chi connectivity index (χ3n) is 6.20. The van der Waals surface area contributed by atoms with E-state index in [1.54, 1.807) is 72.8 Å². The lowest BCUT2D eigenvalue weighted by Gasteiger charge is -2.14. The lowest BCUT2D eigenvalue weighted by molar-refractivity contribution is -0.114. The summed E-state index contributed by atoms with van der Waals surface area (Å²) in [6, 6.07) is 24.7. The van der Waals surface area contributed by atoms with E-state index in [-0.39, 0.29) is 27.9 Å². The quantitative estimate of drug-likeness (QED) is 0.105. The van der Waals surface area contributed by atoms with Crippen LogP contribution >= 0.6 is 23.4 Å². The fourth-order valence-corrected chi connectivity index (χ4v) is 5.05. The molecule has 0 spiro atoms. The molecule has 0 unspecified atom stereocenters. The van der Waals surface area contributed by atoms with Gasteiger partial charge in [0.15, 0.2) is 11.5 Å². The maximum atomic E-state index is 13.5. The van der Waals surface area contributed by atoms with Crippen molar-refractivity contribution in [2.75, 3.05) is 30.6 Å². The molecule has 4 aromatic carbocycles. The van der Waals surface area contributed by atoms with E-state index in [4.69, 9.17) is 21.1 Å². The first-order valence-corrected chi connectivity index (χ1v) is 14.7. The van der Waals surface area contributed by atoms with E-state index in [0.29, 0.717) is 38.9 Å². The number of carboxylic acid groups (broad SMARTS) is 1. The van der Waals surface area contributed by atoms with Crippen LogP contribution in [0.4, 0.5) is 11.4 Å². The molecule has 0 aliphatic rings. The number of amides is 3. The van der Waals surface area contributed by atoms with Gasteiger partial charge in [-0.05, 0) is 60.7 Å². The number of carbonyl (C=O) groups excluding carboxylic acids is 3. The highest BCUT2D eigenvalue weighted by Gasteiger charge is 2.18. The number of hydrogen-bond acceptors (Lipinski definition) is 7. The number of hydrogen-bond donors (Lipinski definition) is 4. The maximum absolute atomic E-state index is 13.5. The molecule has 0 saturated carbocycles. The predicted octanol–water partition coefficient (Wildman–Crippen LogP) is 6.20. The molecule has 0 heterocycles. The van der Waals surface area contributed by atoms with Crippen LogP contribution in [0.3, 0.4) is 0 Å². The summed E-state index contributed by atoms with van der Waals surface area (Å²) in [7, 11) is 2.97. The molecule has 4 rings (SSSR count). The number of thioether (sulfide) groups is 1. The van der Waals surface area contributed by atoms with Gasteiger partial charge in [-0.2, -0.15) is 0 Å². The Morgan fingerprint density at radius 2 is 1.58 bits per heavy atom. The molecular formula is C33H28ClN3O7S. The van der Waals surface area contributed by atoms with E-state index >= 15 is 0 Å². The second-order valence-corrected chi connectivity index (χ2v) is 10.7. The van der Waals surface area contributed by atoms with Crippen molar-refractivity contribution >= 4 is 64.5 Å². The van der Waals surface area contributed by atoms with E-state index in [1.807, 2.05) is 0 Å². The third kappa shape index (κ3) is 8.88. The number of rotatable bonds is 12. The molecule has 0 aliphatic heterocycles. The SMILES string of the molecule is COc1cccc(/C=C(/NC(=O)c2ccccc2)C(=O)Nc2cccc(SCC(=O)Nc3ccc(Cl)c(C(=O)O)c3)c2)c1OC. The van der Waals surface area contributed by atoms with Crippen LogP contribution in [0.25, 0.3) is 6.08 Å². The topological polar surface area (TPSA) is 143 Å². The Bertz CT molecular complexity index is 1760. The van der Waals surface area contributed by atoms with Gasteiger partial charge in [-0.3, -0.25) is 14.4 Å². The van der Waals surface area contributed by atoms with Crippen molar-refractivity contribution in [3.05, 3.63) is 118 Å². The molecule has 10 nitrogen and oxygen atoms in total. The molecule has 4 N–H and O–H groups in total. The summed E-state index contributed by atoms with van der Waals surface area (Å²) in [5.41, 5.74) is 1.42. The first kappa shape index (κ1) is 32.6. The zero-order chi connectivity index (χ0) is 32.3. The lowest BCUT2D eigenvalue weighted by atomic mass is 10.1. The molecule has 45 heavy (non-hydrogen) atoms. The van der Waals surface area contributed by atoms with E-state index in [2.05, 4.69) is 16.0 Å². The van der Waals surface area contributed by atoms with Gasteiger partial charge in [-0.15, -0.1) is 11.8 Å². The second kappa shape index (κ2) is 15.5. The van der Waals surface area contributed by atoms with Crippen LogP contribution in [-0.4, -0.2) is 48.8 Å². The molecule has 0 aliphatic carbocycles. The van der Waals surface area contributed by atoms with Crippen molar-refractivity contribution in [1.29, 1.82) is 0 Å². The van der Waals surface area contributed by atoms with Gasteiger partial charge in [-0.1, -0.05) is 48.0 Å². The second-order valence-electron chi connectivity index (χ2n) is 9.28. The van der Waals surface area contributed by atoms with Crippen molar-refractivity contribution in [2.24, 2.45) is 0 Å². The average molecular weight is 646 g/mol. The molecule has 230 valence electrons. The van der Waals surface area contributed by atoms with Crippen molar-refractivity contribution in [1.82, 2.24) is 5.32 Å². The van der Waals surface area contributed by atoms with Crippen LogP contribution in [0, 0.1) is 0 Å². The van der Waals surface area contributed by atoms with Crippen LogP contribution in [0.2, 0.25) is 5.02 Å². The molecule has 4 aromatic rings. The van der Waals surface area contributed by atoms with Crippen molar-refractivity contribution < 1.29 is 33.8 Å². The van der Waals surface area contributed by atoms with Gasteiger partial charge in [0.05, 0.1) is 30.6 Å². The number of ether oxygens (including phenoxy) is 2. The van der Waals surface area contributed by atoms with Gasteiger partial charge >= 0.3 is 5.97 Å².